The molecule has 2 N–H and O–H groups in total. The Labute approximate surface area is 177 Å². The SMILES string of the molecule is CCCC(C)NC(=O)C1N(CCCO)C(=O)[C@@H]2[C@@H](C(=O)OCC)[C@@]3(C)CCC12S3. The number of fused-ring (bicyclic) bond motifs is 1. The van der Waals surface area contributed by atoms with E-state index in [2.05, 4.69) is 12.2 Å². The molecular weight excluding hydrogens is 392 g/mol. The van der Waals surface area contributed by atoms with E-state index < -0.39 is 22.6 Å². The lowest BCUT2D eigenvalue weighted by atomic mass is 9.66. The highest BCUT2D eigenvalue weighted by molar-refractivity contribution is 8.02. The second kappa shape index (κ2) is 8.46. The van der Waals surface area contributed by atoms with Crippen LogP contribution in [0, 0.1) is 11.8 Å². The fourth-order valence-corrected chi connectivity index (χ4v) is 7.97. The second-order valence-electron chi connectivity index (χ2n) is 8.79. The largest absolute Gasteiger partial charge is 0.466 e. The summed E-state index contributed by atoms with van der Waals surface area (Å²) in [4.78, 5) is 41.4. The molecule has 0 saturated carbocycles. The molecule has 0 aromatic rings. The summed E-state index contributed by atoms with van der Waals surface area (Å²) in [5.41, 5.74) is 0. The van der Waals surface area contributed by atoms with Gasteiger partial charge in [-0.05, 0) is 46.5 Å². The topological polar surface area (TPSA) is 95.9 Å². The van der Waals surface area contributed by atoms with Crippen molar-refractivity contribution in [3.8, 4) is 0 Å². The molecule has 7 nitrogen and oxygen atoms in total. The maximum atomic E-state index is 13.5. The van der Waals surface area contributed by atoms with Gasteiger partial charge in [-0.25, -0.2) is 0 Å². The molecule has 0 aliphatic carbocycles. The van der Waals surface area contributed by atoms with Gasteiger partial charge in [0.25, 0.3) is 0 Å². The van der Waals surface area contributed by atoms with Gasteiger partial charge in [-0.1, -0.05) is 13.3 Å². The number of ether oxygens (including phenoxy) is 1. The molecule has 8 heteroatoms. The number of hydrogen-bond donors (Lipinski definition) is 2. The number of carbonyl (C=O) groups is 3. The third-order valence-electron chi connectivity index (χ3n) is 6.73. The maximum absolute atomic E-state index is 13.5. The number of rotatable bonds is 9. The molecule has 6 atom stereocenters. The lowest BCUT2D eigenvalue weighted by Crippen LogP contribution is -2.55. The van der Waals surface area contributed by atoms with Crippen LogP contribution < -0.4 is 5.32 Å². The highest BCUT2D eigenvalue weighted by Gasteiger charge is 2.77. The van der Waals surface area contributed by atoms with Gasteiger partial charge in [0, 0.05) is 23.9 Å². The van der Waals surface area contributed by atoms with Crippen LogP contribution in [-0.2, 0) is 19.1 Å². The van der Waals surface area contributed by atoms with Crippen molar-refractivity contribution >= 4 is 29.5 Å². The van der Waals surface area contributed by atoms with Crippen molar-refractivity contribution in [3.63, 3.8) is 0 Å². The molecular formula is C21H34N2O5S. The zero-order chi connectivity index (χ0) is 21.4. The fraction of sp³-hybridized carbons (Fsp3) is 0.857. The molecule has 3 unspecified atom stereocenters. The Balaban J connectivity index is 1.97. The molecule has 3 fully saturated rings. The van der Waals surface area contributed by atoms with Gasteiger partial charge in [-0.3, -0.25) is 14.4 Å². The second-order valence-corrected chi connectivity index (χ2v) is 10.7. The van der Waals surface area contributed by atoms with Crippen molar-refractivity contribution < 1.29 is 24.2 Å². The van der Waals surface area contributed by atoms with Crippen molar-refractivity contribution in [1.82, 2.24) is 10.2 Å². The van der Waals surface area contributed by atoms with E-state index in [-0.39, 0.29) is 41.8 Å². The molecule has 3 saturated heterocycles. The fourth-order valence-electron chi connectivity index (χ4n) is 5.62. The Hall–Kier alpha value is -1.28. The van der Waals surface area contributed by atoms with E-state index in [1.165, 1.54) is 0 Å². The first-order valence-electron chi connectivity index (χ1n) is 10.8. The third kappa shape index (κ3) is 3.56. The number of hydrogen-bond acceptors (Lipinski definition) is 6. The summed E-state index contributed by atoms with van der Waals surface area (Å²) in [6.07, 6.45) is 3.76. The summed E-state index contributed by atoms with van der Waals surface area (Å²) < 4.78 is 4.35. The molecule has 29 heavy (non-hydrogen) atoms. The third-order valence-corrected chi connectivity index (χ3v) is 8.72. The van der Waals surface area contributed by atoms with E-state index in [1.807, 2.05) is 13.8 Å². The molecule has 0 radical (unpaired) electrons. The van der Waals surface area contributed by atoms with E-state index in [9.17, 15) is 19.5 Å². The number of nitrogens with one attached hydrogen (secondary N) is 1. The van der Waals surface area contributed by atoms with Gasteiger partial charge in [-0.2, -0.15) is 0 Å². The van der Waals surface area contributed by atoms with Crippen molar-refractivity contribution in [2.24, 2.45) is 11.8 Å². The smallest absolute Gasteiger partial charge is 0.311 e. The Morgan fingerprint density at radius 1 is 1.38 bits per heavy atom. The Morgan fingerprint density at radius 3 is 2.72 bits per heavy atom. The monoisotopic (exact) mass is 426 g/mol. The number of thioether (sulfide) groups is 1. The minimum Gasteiger partial charge on any atom is -0.466 e. The first-order chi connectivity index (χ1) is 13.8. The molecule has 2 amide bonds. The predicted molar refractivity (Wildman–Crippen MR) is 111 cm³/mol. The minimum absolute atomic E-state index is 0.0257. The highest BCUT2D eigenvalue weighted by atomic mass is 32.2. The van der Waals surface area contributed by atoms with Crippen LogP contribution in [0.1, 0.15) is 59.8 Å². The predicted octanol–water partition coefficient (Wildman–Crippen LogP) is 1.72. The normalized spacial score (nSPS) is 36.2. The molecule has 3 heterocycles. The number of carbonyl (C=O) groups excluding carboxylic acids is 3. The number of nitrogens with zero attached hydrogens (tertiary/aromatic N) is 1. The average molecular weight is 427 g/mol. The zero-order valence-electron chi connectivity index (χ0n) is 17.9. The van der Waals surface area contributed by atoms with Gasteiger partial charge in [0.05, 0.1) is 23.2 Å². The number of amides is 2. The lowest BCUT2D eigenvalue weighted by Gasteiger charge is -2.35. The molecule has 3 aliphatic rings. The molecule has 0 aromatic heterocycles. The molecule has 3 aliphatic heterocycles. The van der Waals surface area contributed by atoms with Crippen LogP contribution in [-0.4, -0.2) is 69.1 Å². The zero-order valence-corrected chi connectivity index (χ0v) is 18.7. The van der Waals surface area contributed by atoms with Gasteiger partial charge >= 0.3 is 5.97 Å². The Kier molecular flexibility index (Phi) is 6.53. The van der Waals surface area contributed by atoms with E-state index >= 15 is 0 Å². The van der Waals surface area contributed by atoms with Gasteiger partial charge in [-0.15, -0.1) is 11.8 Å². The summed E-state index contributed by atoms with van der Waals surface area (Å²) >= 11 is 1.65. The summed E-state index contributed by atoms with van der Waals surface area (Å²) in [7, 11) is 0. The lowest BCUT2D eigenvalue weighted by molar-refractivity contribution is -0.155. The van der Waals surface area contributed by atoms with Crippen molar-refractivity contribution in [1.29, 1.82) is 0 Å². The number of aliphatic hydroxyl groups excluding tert-OH is 1. The number of aliphatic hydroxyl groups is 1. The van der Waals surface area contributed by atoms with Crippen molar-refractivity contribution in [3.05, 3.63) is 0 Å². The number of esters is 1. The van der Waals surface area contributed by atoms with Crippen LogP contribution in [0.5, 0.6) is 0 Å². The standard InChI is InChI=1S/C21H34N2O5S/c1-5-8-13(3)22-17(25)16-21-10-9-20(4,29-21)15(19(27)28-6-2)14(21)18(26)23(16)11-7-12-24/h13-16,24H,5-12H2,1-4H3,(H,22,25)/t13?,14-,15-,16?,20+,21?/m0/s1. The van der Waals surface area contributed by atoms with Gasteiger partial charge in [0.1, 0.15) is 6.04 Å². The summed E-state index contributed by atoms with van der Waals surface area (Å²) in [5, 5.41) is 12.4. The first kappa shape index (κ1) is 22.4. The summed E-state index contributed by atoms with van der Waals surface area (Å²) in [6.45, 7) is 8.40. The molecule has 164 valence electrons. The van der Waals surface area contributed by atoms with Crippen LogP contribution >= 0.6 is 11.8 Å². The molecule has 3 rings (SSSR count). The number of likely N-dealkylation sites (tertiary alicyclic amines) is 1. The van der Waals surface area contributed by atoms with Gasteiger partial charge in [0.2, 0.25) is 11.8 Å². The Morgan fingerprint density at radius 2 is 2.10 bits per heavy atom. The van der Waals surface area contributed by atoms with Crippen LogP contribution in [0.2, 0.25) is 0 Å². The van der Waals surface area contributed by atoms with E-state index in [0.29, 0.717) is 13.0 Å². The highest BCUT2D eigenvalue weighted by Crippen LogP contribution is 2.71. The molecule has 0 aromatic carbocycles. The summed E-state index contributed by atoms with van der Waals surface area (Å²) in [5.74, 6) is -1.68. The van der Waals surface area contributed by atoms with Crippen LogP contribution in [0.4, 0.5) is 0 Å². The van der Waals surface area contributed by atoms with E-state index in [4.69, 9.17) is 4.74 Å². The van der Waals surface area contributed by atoms with E-state index in [1.54, 1.807) is 23.6 Å². The van der Waals surface area contributed by atoms with E-state index in [0.717, 1.165) is 25.7 Å². The molecule has 1 spiro atoms. The van der Waals surface area contributed by atoms with Crippen LogP contribution in [0.3, 0.4) is 0 Å². The van der Waals surface area contributed by atoms with Crippen molar-refractivity contribution in [2.75, 3.05) is 19.8 Å². The average Bonchev–Trinajstić information content (AvgIpc) is 3.21. The maximum Gasteiger partial charge on any atom is 0.311 e. The van der Waals surface area contributed by atoms with Crippen LogP contribution in [0.15, 0.2) is 0 Å². The molecule has 2 bridgehead atoms. The quantitative estimate of drug-likeness (QED) is 0.545. The minimum atomic E-state index is -0.614. The first-order valence-corrected chi connectivity index (χ1v) is 11.7. The van der Waals surface area contributed by atoms with Crippen LogP contribution in [0.25, 0.3) is 0 Å². The summed E-state index contributed by atoms with van der Waals surface area (Å²) in [6, 6.07) is -0.588. The van der Waals surface area contributed by atoms with Gasteiger partial charge < -0.3 is 20.1 Å². The van der Waals surface area contributed by atoms with Gasteiger partial charge in [0.15, 0.2) is 0 Å². The Bertz CT molecular complexity index is 673. The van der Waals surface area contributed by atoms with Crippen molar-refractivity contribution in [2.45, 2.75) is 81.4 Å².